The molecule has 0 spiro atoms. The predicted octanol–water partition coefficient (Wildman–Crippen LogP) is 4.71. The zero-order chi connectivity index (χ0) is 35.8. The van der Waals surface area contributed by atoms with Crippen molar-refractivity contribution in [2.45, 2.75) is 123 Å². The summed E-state index contributed by atoms with van der Waals surface area (Å²) in [7, 11) is 1.51. The summed E-state index contributed by atoms with van der Waals surface area (Å²) in [6.07, 6.45) is -4.08. The molecule has 49 heavy (non-hydrogen) atoms. The first kappa shape index (κ1) is 35.3. The van der Waals surface area contributed by atoms with Crippen molar-refractivity contribution in [2.24, 2.45) is 22.7 Å². The first-order chi connectivity index (χ1) is 22.9. The summed E-state index contributed by atoms with van der Waals surface area (Å²) in [5.74, 6) is -4.06. The van der Waals surface area contributed by atoms with Gasteiger partial charge in [0.1, 0.15) is 42.4 Å². The van der Waals surface area contributed by atoms with Crippen molar-refractivity contribution >= 4 is 23.9 Å². The number of rotatable bonds is 6. The van der Waals surface area contributed by atoms with E-state index in [-0.39, 0.29) is 18.6 Å². The minimum absolute atomic E-state index is 0.0292. The number of methoxy groups -OCH3 is 1. The van der Waals surface area contributed by atoms with Crippen LogP contribution in [0.15, 0.2) is 35.4 Å². The van der Waals surface area contributed by atoms with E-state index in [9.17, 15) is 19.2 Å². The summed E-state index contributed by atoms with van der Waals surface area (Å²) >= 11 is 0. The molecule has 12 nitrogen and oxygen atoms in total. The number of ether oxygens (including phenoxy) is 8. The third kappa shape index (κ3) is 5.63. The third-order valence-corrected chi connectivity index (χ3v) is 11.6. The van der Waals surface area contributed by atoms with Crippen molar-refractivity contribution < 1.29 is 57.1 Å². The lowest BCUT2D eigenvalue weighted by Crippen LogP contribution is -2.80. The van der Waals surface area contributed by atoms with Gasteiger partial charge in [0, 0.05) is 38.5 Å². The molecule has 1 aromatic rings. The van der Waals surface area contributed by atoms with Gasteiger partial charge in [0.2, 0.25) is 0 Å². The average Bonchev–Trinajstić information content (AvgIpc) is 3.32. The second-order valence-corrected chi connectivity index (χ2v) is 15.4. The second kappa shape index (κ2) is 12.1. The maximum Gasteiger partial charge on any atom is 0.338 e. The van der Waals surface area contributed by atoms with Crippen molar-refractivity contribution in [2.75, 3.05) is 13.7 Å². The molecule has 5 aliphatic rings. The van der Waals surface area contributed by atoms with E-state index in [2.05, 4.69) is 13.8 Å². The molecule has 2 saturated carbocycles. The van der Waals surface area contributed by atoms with Crippen LogP contribution in [0.3, 0.4) is 0 Å². The van der Waals surface area contributed by atoms with Crippen molar-refractivity contribution in [1.82, 2.24) is 0 Å². The Bertz CT molecular complexity index is 1580. The summed E-state index contributed by atoms with van der Waals surface area (Å²) in [6.45, 7) is 15.8. The van der Waals surface area contributed by atoms with Crippen LogP contribution in [-0.2, 0) is 47.5 Å². The molecule has 1 aromatic carbocycles. The zero-order valence-corrected chi connectivity index (χ0v) is 29.9. The number of benzene rings is 1. The fourth-order valence-electron chi connectivity index (χ4n) is 9.70. The van der Waals surface area contributed by atoms with Gasteiger partial charge < -0.3 is 37.9 Å². The quantitative estimate of drug-likeness (QED) is 0.233. The smallest absolute Gasteiger partial charge is 0.338 e. The zero-order valence-electron chi connectivity index (χ0n) is 29.9. The van der Waals surface area contributed by atoms with Crippen LogP contribution in [0.1, 0.15) is 85.5 Å². The highest BCUT2D eigenvalue weighted by Crippen LogP contribution is 2.66. The first-order valence-electron chi connectivity index (χ1n) is 16.9. The average molecular weight is 685 g/mol. The molecule has 268 valence electrons. The summed E-state index contributed by atoms with van der Waals surface area (Å²) < 4.78 is 50.3. The Morgan fingerprint density at radius 2 is 1.57 bits per heavy atom. The molecule has 3 aliphatic carbocycles. The van der Waals surface area contributed by atoms with Crippen LogP contribution in [0.4, 0.5) is 0 Å². The molecule has 10 atom stereocenters. The Balaban J connectivity index is 1.65. The molecule has 4 fully saturated rings. The Hall–Kier alpha value is -3.48. The van der Waals surface area contributed by atoms with E-state index in [4.69, 9.17) is 37.9 Å². The topological polar surface area (TPSA) is 142 Å². The second-order valence-electron chi connectivity index (χ2n) is 15.4. The molecule has 2 aliphatic heterocycles. The first-order valence-corrected chi connectivity index (χ1v) is 16.9. The highest BCUT2D eigenvalue weighted by molar-refractivity contribution is 5.90. The SMILES string of the molecule is COc1cccc(C(=O)O[C@H]2[C@@H]3[C@]4(OC(C)=O)CO[C@@H]4C[C@H](OC(C)=O)[C@@]3(C)[C@H]3OC(C)(C)O[C@@H]3C3=C(C)[C@@H](OC(C)=O)C[C@@H]2C3(C)C)c1. The van der Waals surface area contributed by atoms with Crippen LogP contribution in [0.5, 0.6) is 5.75 Å². The van der Waals surface area contributed by atoms with Crippen molar-refractivity contribution in [1.29, 1.82) is 0 Å². The van der Waals surface area contributed by atoms with Gasteiger partial charge in [-0.1, -0.05) is 26.8 Å². The fraction of sp³-hybridized carbons (Fsp3) is 0.676. The molecule has 0 radical (unpaired) electrons. The maximum atomic E-state index is 14.3. The van der Waals surface area contributed by atoms with Crippen molar-refractivity contribution in [3.05, 3.63) is 41.0 Å². The van der Waals surface area contributed by atoms with E-state index in [1.54, 1.807) is 24.3 Å². The molecule has 2 heterocycles. The fourth-order valence-corrected chi connectivity index (χ4v) is 9.70. The Morgan fingerprint density at radius 1 is 0.878 bits per heavy atom. The molecule has 0 amide bonds. The molecular weight excluding hydrogens is 636 g/mol. The maximum absolute atomic E-state index is 14.3. The molecule has 6 rings (SSSR count). The Morgan fingerprint density at radius 3 is 2.16 bits per heavy atom. The summed E-state index contributed by atoms with van der Waals surface area (Å²) in [5.41, 5.74) is -1.21. The van der Waals surface area contributed by atoms with E-state index in [0.29, 0.717) is 12.2 Å². The molecule has 12 heteroatoms. The highest BCUT2D eigenvalue weighted by atomic mass is 16.8. The van der Waals surface area contributed by atoms with Gasteiger partial charge in [-0.05, 0) is 62.0 Å². The molecule has 2 bridgehead atoms. The predicted molar refractivity (Wildman–Crippen MR) is 172 cm³/mol. The van der Waals surface area contributed by atoms with Gasteiger partial charge in [-0.15, -0.1) is 0 Å². The molecule has 0 N–H and O–H groups in total. The minimum atomic E-state index is -1.28. The van der Waals surface area contributed by atoms with E-state index >= 15 is 0 Å². The number of carbonyl (C=O) groups excluding carboxylic acids is 4. The van der Waals surface area contributed by atoms with Gasteiger partial charge >= 0.3 is 23.9 Å². The van der Waals surface area contributed by atoms with Crippen LogP contribution >= 0.6 is 0 Å². The van der Waals surface area contributed by atoms with Gasteiger partial charge in [-0.3, -0.25) is 14.4 Å². The summed E-state index contributed by atoms with van der Waals surface area (Å²) in [5, 5.41) is 0. The molecule has 0 aromatic heterocycles. The lowest BCUT2D eigenvalue weighted by molar-refractivity contribution is -0.353. The lowest BCUT2D eigenvalue weighted by atomic mass is 9.45. The number of carbonyl (C=O) groups is 4. The number of hydrogen-bond donors (Lipinski definition) is 0. The van der Waals surface area contributed by atoms with Crippen molar-refractivity contribution in [3.8, 4) is 5.75 Å². The molecule has 0 unspecified atom stereocenters. The van der Waals surface area contributed by atoms with Gasteiger partial charge in [-0.2, -0.15) is 0 Å². The largest absolute Gasteiger partial charge is 0.497 e. The van der Waals surface area contributed by atoms with E-state index < -0.39 is 94.6 Å². The van der Waals surface area contributed by atoms with Crippen LogP contribution in [0.2, 0.25) is 0 Å². The van der Waals surface area contributed by atoms with Crippen molar-refractivity contribution in [3.63, 3.8) is 0 Å². The lowest BCUT2D eigenvalue weighted by Gasteiger charge is -2.67. The van der Waals surface area contributed by atoms with Gasteiger partial charge in [0.05, 0.1) is 25.2 Å². The number of esters is 4. The van der Waals surface area contributed by atoms with E-state index in [0.717, 1.165) is 11.1 Å². The standard InChI is InChI=1S/C37H48O12/c1-18-25(44-19(2)38)15-24-29(46-33(41)22-12-11-13-23(14-22)42-10)31-36(9,32-30(28(18)34(24,5)6)48-35(7,8)49-32)26(45-20(3)39)16-27-37(31,17-43-27)47-21(4)40/h11-14,24-27,29-32H,15-17H2,1-10H3/t24-,25-,26-,27+,29+,30+,31-,32-,36+,37-/m0/s1. The Labute approximate surface area is 287 Å². The van der Waals surface area contributed by atoms with Gasteiger partial charge in [0.15, 0.2) is 11.4 Å². The van der Waals surface area contributed by atoms with Gasteiger partial charge in [-0.25, -0.2) is 4.79 Å². The summed E-state index contributed by atoms with van der Waals surface area (Å²) in [4.78, 5) is 52.6. The third-order valence-electron chi connectivity index (χ3n) is 11.6. The van der Waals surface area contributed by atoms with E-state index in [1.165, 1.54) is 27.9 Å². The van der Waals surface area contributed by atoms with Crippen LogP contribution < -0.4 is 4.74 Å². The number of hydrogen-bond acceptors (Lipinski definition) is 12. The normalized spacial score (nSPS) is 38.2. The minimum Gasteiger partial charge on any atom is -0.497 e. The molecular formula is C37H48O12. The highest BCUT2D eigenvalue weighted by Gasteiger charge is 2.77. The van der Waals surface area contributed by atoms with Crippen LogP contribution in [-0.4, -0.2) is 85.6 Å². The number of fused-ring (bicyclic) bond motifs is 8. The monoisotopic (exact) mass is 684 g/mol. The van der Waals surface area contributed by atoms with Gasteiger partial charge in [0.25, 0.3) is 0 Å². The molecule has 2 saturated heterocycles. The van der Waals surface area contributed by atoms with Crippen LogP contribution in [0.25, 0.3) is 0 Å². The van der Waals surface area contributed by atoms with Crippen LogP contribution in [0, 0.1) is 22.7 Å². The Kier molecular flexibility index (Phi) is 8.72. The van der Waals surface area contributed by atoms with E-state index in [1.807, 2.05) is 27.7 Å². The summed E-state index contributed by atoms with van der Waals surface area (Å²) in [6, 6.07) is 6.67.